The number of carbonyl (C=O) groups is 1. The molecule has 4 heteroatoms. The Morgan fingerprint density at radius 3 is 3.14 bits per heavy atom. The van der Waals surface area contributed by atoms with Crippen molar-refractivity contribution in [1.29, 1.82) is 0 Å². The second kappa shape index (κ2) is 3.56. The van der Waals surface area contributed by atoms with Crippen LogP contribution in [-0.2, 0) is 22.5 Å². The van der Waals surface area contributed by atoms with Gasteiger partial charge in [0.05, 0.1) is 6.61 Å². The van der Waals surface area contributed by atoms with Gasteiger partial charge in [-0.15, -0.1) is 0 Å². The fraction of sp³-hybridized carbons (Fsp3) is 0.300. The van der Waals surface area contributed by atoms with Crippen LogP contribution in [0.2, 0.25) is 0 Å². The van der Waals surface area contributed by atoms with Gasteiger partial charge in [0.2, 0.25) is 0 Å². The zero-order chi connectivity index (χ0) is 10.1. The van der Waals surface area contributed by atoms with Gasteiger partial charge in [0, 0.05) is 6.42 Å². The topological polar surface area (TPSA) is 46.5 Å². The molecule has 3 nitrogen and oxygen atoms in total. The van der Waals surface area contributed by atoms with Crippen molar-refractivity contribution in [3.8, 4) is 0 Å². The maximum Gasteiger partial charge on any atom is 0.492 e. The summed E-state index contributed by atoms with van der Waals surface area (Å²) in [4.78, 5) is 11.0. The molecule has 0 spiro atoms. The van der Waals surface area contributed by atoms with Gasteiger partial charge in [0.25, 0.3) is 0 Å². The van der Waals surface area contributed by atoms with Crippen molar-refractivity contribution in [3.05, 3.63) is 29.3 Å². The summed E-state index contributed by atoms with van der Waals surface area (Å²) >= 11 is 0. The number of ketones is 1. The SMILES string of the molecule is CC(=O)Cc1cccc2c1B(O)OC2. The number of fused-ring (bicyclic) bond motifs is 1. The van der Waals surface area contributed by atoms with Gasteiger partial charge >= 0.3 is 7.12 Å². The third-order valence-corrected chi connectivity index (χ3v) is 2.37. The lowest BCUT2D eigenvalue weighted by molar-refractivity contribution is -0.116. The van der Waals surface area contributed by atoms with Crippen molar-refractivity contribution in [2.75, 3.05) is 0 Å². The number of carbonyl (C=O) groups excluding carboxylic acids is 1. The highest BCUT2D eigenvalue weighted by atomic mass is 16.5. The van der Waals surface area contributed by atoms with Crippen molar-refractivity contribution < 1.29 is 14.5 Å². The first kappa shape index (κ1) is 9.43. The van der Waals surface area contributed by atoms with Crippen molar-refractivity contribution in [2.24, 2.45) is 0 Å². The van der Waals surface area contributed by atoms with Crippen LogP contribution in [-0.4, -0.2) is 17.9 Å². The van der Waals surface area contributed by atoms with Gasteiger partial charge in [-0.3, -0.25) is 4.79 Å². The van der Waals surface area contributed by atoms with E-state index in [4.69, 9.17) is 4.65 Å². The van der Waals surface area contributed by atoms with E-state index in [1.807, 2.05) is 18.2 Å². The maximum absolute atomic E-state index is 11.0. The number of Topliss-reactive ketones (excluding diaryl/α,β-unsaturated/α-hetero) is 1. The number of rotatable bonds is 2. The highest BCUT2D eigenvalue weighted by Crippen LogP contribution is 2.13. The van der Waals surface area contributed by atoms with E-state index >= 15 is 0 Å². The Morgan fingerprint density at radius 1 is 1.64 bits per heavy atom. The highest BCUT2D eigenvalue weighted by Gasteiger charge is 2.29. The normalized spacial score (nSPS) is 14.3. The molecule has 0 bridgehead atoms. The first-order valence-corrected chi connectivity index (χ1v) is 4.58. The number of hydrogen-bond acceptors (Lipinski definition) is 3. The smallest absolute Gasteiger partial charge is 0.423 e. The minimum Gasteiger partial charge on any atom is -0.423 e. The molecule has 1 N–H and O–H groups in total. The minimum absolute atomic E-state index is 0.0949. The molecule has 72 valence electrons. The molecule has 14 heavy (non-hydrogen) atoms. The van der Waals surface area contributed by atoms with Gasteiger partial charge in [0.15, 0.2) is 0 Å². The predicted octanol–water partition coefficient (Wildman–Crippen LogP) is 0.0358. The average Bonchev–Trinajstić information content (AvgIpc) is 2.48. The highest BCUT2D eigenvalue weighted by molar-refractivity contribution is 6.62. The Balaban J connectivity index is 2.41. The van der Waals surface area contributed by atoms with E-state index in [-0.39, 0.29) is 5.78 Å². The zero-order valence-corrected chi connectivity index (χ0v) is 7.99. The Labute approximate surface area is 82.8 Å². The van der Waals surface area contributed by atoms with E-state index in [1.54, 1.807) is 6.92 Å². The molecule has 1 aromatic rings. The summed E-state index contributed by atoms with van der Waals surface area (Å²) in [6, 6.07) is 5.66. The molecule has 1 aliphatic rings. The van der Waals surface area contributed by atoms with E-state index in [0.29, 0.717) is 13.0 Å². The lowest BCUT2D eigenvalue weighted by atomic mass is 9.75. The summed E-state index contributed by atoms with van der Waals surface area (Å²) in [5.41, 5.74) is 2.64. The molecular weight excluding hydrogens is 179 g/mol. The number of benzene rings is 1. The van der Waals surface area contributed by atoms with E-state index < -0.39 is 7.12 Å². The Kier molecular flexibility index (Phi) is 2.39. The Morgan fingerprint density at radius 2 is 2.43 bits per heavy atom. The first-order chi connectivity index (χ1) is 6.68. The van der Waals surface area contributed by atoms with Crippen LogP contribution in [0.3, 0.4) is 0 Å². The second-order valence-corrected chi connectivity index (χ2v) is 3.53. The summed E-state index contributed by atoms with van der Waals surface area (Å²) in [7, 11) is -0.861. The summed E-state index contributed by atoms with van der Waals surface area (Å²) < 4.78 is 5.09. The molecule has 1 aromatic carbocycles. The lowest BCUT2D eigenvalue weighted by Gasteiger charge is -2.05. The van der Waals surface area contributed by atoms with E-state index in [1.165, 1.54) is 0 Å². The molecule has 0 atom stereocenters. The van der Waals surface area contributed by atoms with Crippen LogP contribution in [0.15, 0.2) is 18.2 Å². The van der Waals surface area contributed by atoms with Gasteiger partial charge in [-0.2, -0.15) is 0 Å². The van der Waals surface area contributed by atoms with E-state index in [2.05, 4.69) is 0 Å². The summed E-state index contributed by atoms with van der Waals surface area (Å²) in [6.07, 6.45) is 0.365. The molecule has 0 aromatic heterocycles. The zero-order valence-electron chi connectivity index (χ0n) is 7.99. The molecule has 0 unspecified atom stereocenters. The van der Waals surface area contributed by atoms with Crippen molar-refractivity contribution >= 4 is 18.4 Å². The second-order valence-electron chi connectivity index (χ2n) is 3.53. The Bertz CT molecular complexity index is 376. The van der Waals surface area contributed by atoms with Gasteiger partial charge in [-0.25, -0.2) is 0 Å². The van der Waals surface area contributed by atoms with Crippen LogP contribution in [0.1, 0.15) is 18.1 Å². The van der Waals surface area contributed by atoms with Crippen LogP contribution < -0.4 is 5.46 Å². The van der Waals surface area contributed by atoms with Gasteiger partial charge < -0.3 is 9.68 Å². The maximum atomic E-state index is 11.0. The van der Waals surface area contributed by atoms with Gasteiger partial charge in [-0.1, -0.05) is 18.2 Å². The third kappa shape index (κ3) is 1.58. The summed E-state index contributed by atoms with van der Waals surface area (Å²) in [6.45, 7) is 1.98. The summed E-state index contributed by atoms with van der Waals surface area (Å²) in [5, 5.41) is 9.54. The van der Waals surface area contributed by atoms with Crippen LogP contribution in [0.25, 0.3) is 0 Å². The molecule has 0 fully saturated rings. The van der Waals surface area contributed by atoms with E-state index in [9.17, 15) is 9.82 Å². The van der Waals surface area contributed by atoms with Crippen LogP contribution >= 0.6 is 0 Å². The van der Waals surface area contributed by atoms with Crippen molar-refractivity contribution in [1.82, 2.24) is 0 Å². The van der Waals surface area contributed by atoms with Crippen LogP contribution in [0.4, 0.5) is 0 Å². The standard InChI is InChI=1S/C10H11BO3/c1-7(12)5-8-3-2-4-9-6-14-11(13)10(8)9/h2-4,13H,5-6H2,1H3. The molecule has 0 saturated heterocycles. The molecule has 0 amide bonds. The fourth-order valence-corrected chi connectivity index (χ4v) is 1.78. The molecule has 1 aliphatic heterocycles. The minimum atomic E-state index is -0.861. The van der Waals surface area contributed by atoms with Crippen LogP contribution in [0.5, 0.6) is 0 Å². The molecule has 1 heterocycles. The molecule has 0 aliphatic carbocycles. The average molecular weight is 190 g/mol. The predicted molar refractivity (Wildman–Crippen MR) is 53.2 cm³/mol. The quantitative estimate of drug-likeness (QED) is 0.669. The molecular formula is C10H11BO3. The molecule has 0 saturated carbocycles. The lowest BCUT2D eigenvalue weighted by Crippen LogP contribution is -2.32. The molecule has 2 rings (SSSR count). The Hall–Kier alpha value is -1.13. The summed E-state index contributed by atoms with van der Waals surface area (Å²) in [5.74, 6) is 0.0949. The largest absolute Gasteiger partial charge is 0.492 e. The van der Waals surface area contributed by atoms with Gasteiger partial charge in [0.1, 0.15) is 5.78 Å². The third-order valence-electron chi connectivity index (χ3n) is 2.37. The molecule has 0 radical (unpaired) electrons. The first-order valence-electron chi connectivity index (χ1n) is 4.58. The van der Waals surface area contributed by atoms with Crippen molar-refractivity contribution in [3.63, 3.8) is 0 Å². The van der Waals surface area contributed by atoms with Crippen LogP contribution in [0, 0.1) is 0 Å². The fourth-order valence-electron chi connectivity index (χ4n) is 1.78. The monoisotopic (exact) mass is 190 g/mol. The van der Waals surface area contributed by atoms with Crippen molar-refractivity contribution in [2.45, 2.75) is 20.0 Å². The van der Waals surface area contributed by atoms with E-state index in [0.717, 1.165) is 16.6 Å². The number of hydrogen-bond donors (Lipinski definition) is 1. The van der Waals surface area contributed by atoms with Gasteiger partial charge in [-0.05, 0) is 23.5 Å².